The minimum absolute atomic E-state index is 0.153. The molecule has 2 saturated carbocycles. The van der Waals surface area contributed by atoms with Crippen molar-refractivity contribution in [2.45, 2.75) is 6.42 Å². The van der Waals surface area contributed by atoms with Crippen LogP contribution >= 0.6 is 0 Å². The molecule has 3 fully saturated rings. The SMILES string of the molecule is N#Cc1ccc(/C=N/N2C(=O)[C@H]3[C@@H]4C=C[C@H]([C@H]5C[C@H]45)[C@@H]3C2=O)cc1. The van der Waals surface area contributed by atoms with Gasteiger partial charge in [0.25, 0.3) is 11.8 Å². The predicted octanol–water partition coefficient (Wildman–Crippen LogP) is 1.95. The number of amides is 2. The Kier molecular flexibility index (Phi) is 2.64. The summed E-state index contributed by atoms with van der Waals surface area (Å²) in [5.41, 5.74) is 1.32. The smallest absolute Gasteiger partial charge is 0.254 e. The molecule has 24 heavy (non-hydrogen) atoms. The minimum Gasteiger partial charge on any atom is -0.272 e. The highest BCUT2D eigenvalue weighted by Gasteiger charge is 2.67. The van der Waals surface area contributed by atoms with Crippen molar-refractivity contribution in [2.24, 2.45) is 40.6 Å². The molecule has 6 atom stereocenters. The minimum atomic E-state index is -0.214. The number of hydrazone groups is 1. The van der Waals surface area contributed by atoms with E-state index in [2.05, 4.69) is 23.3 Å². The van der Waals surface area contributed by atoms with Crippen molar-refractivity contribution >= 4 is 18.0 Å². The lowest BCUT2D eigenvalue weighted by Gasteiger charge is -2.37. The molecular weight excluding hydrogens is 302 g/mol. The number of hydrogen-bond donors (Lipinski definition) is 0. The van der Waals surface area contributed by atoms with Crippen LogP contribution in [-0.2, 0) is 9.59 Å². The van der Waals surface area contributed by atoms with Crippen LogP contribution in [0.2, 0.25) is 0 Å². The molecule has 6 rings (SSSR count). The number of nitrogens with zero attached hydrogens (tertiary/aromatic N) is 3. The van der Waals surface area contributed by atoms with Crippen LogP contribution in [0.5, 0.6) is 0 Å². The van der Waals surface area contributed by atoms with Crippen molar-refractivity contribution in [3.63, 3.8) is 0 Å². The summed E-state index contributed by atoms with van der Waals surface area (Å²) in [7, 11) is 0. The molecule has 2 bridgehead atoms. The predicted molar refractivity (Wildman–Crippen MR) is 85.3 cm³/mol. The Labute approximate surface area is 139 Å². The summed E-state index contributed by atoms with van der Waals surface area (Å²) in [6, 6.07) is 8.93. The van der Waals surface area contributed by atoms with Crippen molar-refractivity contribution in [2.75, 3.05) is 0 Å². The van der Waals surface area contributed by atoms with Crippen LogP contribution in [0.3, 0.4) is 0 Å². The lowest BCUT2D eigenvalue weighted by molar-refractivity contribution is -0.140. The van der Waals surface area contributed by atoms with Crippen LogP contribution in [0.4, 0.5) is 0 Å². The summed E-state index contributed by atoms with van der Waals surface area (Å²) in [4.78, 5) is 25.5. The van der Waals surface area contributed by atoms with E-state index in [9.17, 15) is 9.59 Å². The van der Waals surface area contributed by atoms with Gasteiger partial charge in [-0.15, -0.1) is 0 Å². The first-order valence-electron chi connectivity index (χ1n) is 8.29. The molecule has 4 aliphatic carbocycles. The highest BCUT2D eigenvalue weighted by atomic mass is 16.2. The number of allylic oxidation sites excluding steroid dienone is 2. The van der Waals surface area contributed by atoms with E-state index < -0.39 is 0 Å². The molecule has 5 nitrogen and oxygen atoms in total. The highest BCUT2D eigenvalue weighted by molar-refractivity contribution is 6.06. The fraction of sp³-hybridized carbons (Fsp3) is 0.368. The van der Waals surface area contributed by atoms with E-state index in [4.69, 9.17) is 5.26 Å². The topological polar surface area (TPSA) is 73.5 Å². The van der Waals surface area contributed by atoms with E-state index in [1.807, 2.05) is 0 Å². The first-order chi connectivity index (χ1) is 11.7. The molecule has 0 spiro atoms. The fourth-order valence-corrected chi connectivity index (χ4v) is 4.82. The monoisotopic (exact) mass is 317 g/mol. The first kappa shape index (κ1) is 13.7. The number of hydrogen-bond acceptors (Lipinski definition) is 4. The van der Waals surface area contributed by atoms with Gasteiger partial charge in [-0.1, -0.05) is 24.3 Å². The van der Waals surface area contributed by atoms with E-state index >= 15 is 0 Å². The average molecular weight is 317 g/mol. The number of imide groups is 1. The van der Waals surface area contributed by atoms with E-state index in [0.29, 0.717) is 17.4 Å². The zero-order valence-corrected chi connectivity index (χ0v) is 12.9. The van der Waals surface area contributed by atoms with Gasteiger partial charge in [0.2, 0.25) is 0 Å². The molecule has 2 amide bonds. The summed E-state index contributed by atoms with van der Waals surface area (Å²) < 4.78 is 0. The van der Waals surface area contributed by atoms with Crippen LogP contribution < -0.4 is 0 Å². The second-order valence-corrected chi connectivity index (χ2v) is 7.12. The van der Waals surface area contributed by atoms with Gasteiger partial charge in [-0.25, -0.2) is 0 Å². The first-order valence-corrected chi connectivity index (χ1v) is 8.29. The van der Waals surface area contributed by atoms with Crippen LogP contribution in [0.25, 0.3) is 0 Å². The van der Waals surface area contributed by atoms with E-state index in [1.54, 1.807) is 24.3 Å². The molecule has 5 aliphatic rings. The van der Waals surface area contributed by atoms with E-state index in [1.165, 1.54) is 6.21 Å². The van der Waals surface area contributed by atoms with Crippen molar-refractivity contribution in [3.05, 3.63) is 47.5 Å². The quantitative estimate of drug-likeness (QED) is 0.475. The molecule has 0 unspecified atom stereocenters. The van der Waals surface area contributed by atoms with Crippen molar-refractivity contribution < 1.29 is 9.59 Å². The van der Waals surface area contributed by atoms with Gasteiger partial charge < -0.3 is 0 Å². The normalized spacial score (nSPS) is 38.4. The van der Waals surface area contributed by atoms with E-state index in [-0.39, 0.29) is 35.5 Å². The lowest BCUT2D eigenvalue weighted by Crippen LogP contribution is -2.40. The Morgan fingerprint density at radius 1 is 1.04 bits per heavy atom. The summed E-state index contributed by atoms with van der Waals surface area (Å²) >= 11 is 0. The van der Waals surface area contributed by atoms with Gasteiger partial charge in [0.05, 0.1) is 29.7 Å². The van der Waals surface area contributed by atoms with Gasteiger partial charge in [0.1, 0.15) is 0 Å². The Morgan fingerprint density at radius 3 is 2.17 bits per heavy atom. The number of nitriles is 1. The van der Waals surface area contributed by atoms with Gasteiger partial charge in [-0.2, -0.15) is 15.4 Å². The molecule has 5 heteroatoms. The molecule has 1 aromatic carbocycles. The third-order valence-electron chi connectivity index (χ3n) is 6.00. The molecular formula is C19H15N3O2. The standard InChI is InChI=1S/C19H15N3O2/c20-8-10-1-3-11(4-2-10)9-21-22-18(23)16-12-5-6-13(15-7-14(12)15)17(16)19(22)24/h1-6,9,12-17H,7H2/b21-9+/t12-,13-,14-,15-,16+,17+/m1/s1. The maximum atomic E-state index is 12.7. The Balaban J connectivity index is 1.42. The van der Waals surface area contributed by atoms with Crippen LogP contribution in [0.1, 0.15) is 17.5 Å². The van der Waals surface area contributed by atoms with Gasteiger partial charge in [0, 0.05) is 0 Å². The molecule has 0 radical (unpaired) electrons. The highest BCUT2D eigenvalue weighted by Crippen LogP contribution is 2.65. The fourth-order valence-electron chi connectivity index (χ4n) is 4.82. The molecule has 1 aromatic rings. The molecule has 118 valence electrons. The van der Waals surface area contributed by atoms with Crippen LogP contribution in [0.15, 0.2) is 41.5 Å². The third-order valence-corrected chi connectivity index (χ3v) is 6.00. The lowest BCUT2D eigenvalue weighted by atomic mass is 9.63. The van der Waals surface area contributed by atoms with Gasteiger partial charge in [0.15, 0.2) is 0 Å². The van der Waals surface area contributed by atoms with Gasteiger partial charge in [-0.05, 0) is 47.8 Å². The molecule has 0 aromatic heterocycles. The summed E-state index contributed by atoms with van der Waals surface area (Å²) in [6.07, 6.45) is 6.98. The third kappa shape index (κ3) is 1.71. The maximum absolute atomic E-state index is 12.7. The number of carbonyl (C=O) groups is 2. The van der Waals surface area contributed by atoms with E-state index in [0.717, 1.165) is 17.0 Å². The summed E-state index contributed by atoms with van der Waals surface area (Å²) in [5, 5.41) is 14.1. The second-order valence-electron chi connectivity index (χ2n) is 7.12. The zero-order chi connectivity index (χ0) is 16.4. The van der Waals surface area contributed by atoms with Crippen molar-refractivity contribution in [1.82, 2.24) is 5.01 Å². The number of carbonyl (C=O) groups excluding carboxylic acids is 2. The maximum Gasteiger partial charge on any atom is 0.254 e. The van der Waals surface area contributed by atoms with Crippen molar-refractivity contribution in [3.8, 4) is 6.07 Å². The van der Waals surface area contributed by atoms with Crippen LogP contribution in [0, 0.1) is 46.8 Å². The largest absolute Gasteiger partial charge is 0.272 e. The Hall–Kier alpha value is -2.74. The van der Waals surface area contributed by atoms with Gasteiger partial charge in [-0.3, -0.25) is 9.59 Å². The second kappa shape index (κ2) is 4.64. The number of rotatable bonds is 2. The zero-order valence-electron chi connectivity index (χ0n) is 12.9. The van der Waals surface area contributed by atoms with Crippen LogP contribution in [-0.4, -0.2) is 23.0 Å². The molecule has 1 saturated heterocycles. The average Bonchev–Trinajstić information content (AvgIpc) is 3.39. The van der Waals surface area contributed by atoms with Crippen molar-refractivity contribution in [1.29, 1.82) is 5.26 Å². The summed E-state index contributed by atoms with van der Waals surface area (Å²) in [5.74, 6) is 0.900. The molecule has 1 heterocycles. The molecule has 1 aliphatic heterocycles. The Bertz CT molecular complexity index is 812. The van der Waals surface area contributed by atoms with Gasteiger partial charge >= 0.3 is 0 Å². The number of benzene rings is 1. The Morgan fingerprint density at radius 2 is 1.62 bits per heavy atom. The summed E-state index contributed by atoms with van der Waals surface area (Å²) in [6.45, 7) is 0. The molecule has 0 N–H and O–H groups in total.